The molecule has 0 radical (unpaired) electrons. The molecule has 21 heavy (non-hydrogen) atoms. The van der Waals surface area contributed by atoms with Gasteiger partial charge in [0, 0.05) is 0 Å². The van der Waals surface area contributed by atoms with Gasteiger partial charge in [-0.2, -0.15) is 9.97 Å². The fourth-order valence-corrected chi connectivity index (χ4v) is 2.13. The van der Waals surface area contributed by atoms with Crippen LogP contribution in [0.15, 0.2) is 36.4 Å². The maximum Gasteiger partial charge on any atom is 0.322 e. The number of benzene rings is 2. The number of fused-ring (bicyclic) bond motifs is 1. The Balaban J connectivity index is 2.31. The minimum atomic E-state index is 0.0870. The molecule has 0 bridgehead atoms. The summed E-state index contributed by atoms with van der Waals surface area (Å²) in [5.74, 6) is 0.386. The van der Waals surface area contributed by atoms with Crippen LogP contribution in [0.5, 0.6) is 17.8 Å². The van der Waals surface area contributed by atoms with Gasteiger partial charge in [-0.25, -0.2) is 0 Å². The van der Waals surface area contributed by atoms with Crippen LogP contribution >= 0.6 is 0 Å². The third-order valence-electron chi connectivity index (χ3n) is 3.09. The molecule has 6 heteroatoms. The summed E-state index contributed by atoms with van der Waals surface area (Å²) >= 11 is 0. The number of nitrogens with zero attached hydrogens (tertiary/aromatic N) is 3. The molecule has 0 atom stereocenters. The van der Waals surface area contributed by atoms with E-state index in [-0.39, 0.29) is 17.8 Å². The van der Waals surface area contributed by atoms with Crippen LogP contribution in [0.3, 0.4) is 0 Å². The molecular weight excluding hydrogens is 270 g/mol. The van der Waals surface area contributed by atoms with Gasteiger partial charge in [0.15, 0.2) is 5.82 Å². The average molecular weight is 283 g/mol. The fourth-order valence-electron chi connectivity index (χ4n) is 2.13. The topological polar surface area (TPSA) is 77.4 Å². The lowest BCUT2D eigenvalue weighted by atomic mass is 10.0. The van der Waals surface area contributed by atoms with Crippen molar-refractivity contribution in [3.8, 4) is 29.2 Å². The molecule has 3 rings (SSSR count). The van der Waals surface area contributed by atoms with Crippen LogP contribution in [-0.2, 0) is 0 Å². The molecule has 0 unspecified atom stereocenters. The quantitative estimate of drug-likeness (QED) is 0.795. The Morgan fingerprint density at radius 2 is 1.52 bits per heavy atom. The zero-order chi connectivity index (χ0) is 14.8. The largest absolute Gasteiger partial charge is 0.507 e. The predicted molar refractivity (Wildman–Crippen MR) is 77.5 cm³/mol. The van der Waals surface area contributed by atoms with E-state index in [1.807, 2.05) is 30.3 Å². The van der Waals surface area contributed by atoms with Gasteiger partial charge >= 0.3 is 12.0 Å². The third-order valence-corrected chi connectivity index (χ3v) is 3.09. The van der Waals surface area contributed by atoms with Crippen molar-refractivity contribution in [2.45, 2.75) is 0 Å². The maximum atomic E-state index is 10.2. The first-order chi connectivity index (χ1) is 10.2. The molecule has 0 saturated carbocycles. The zero-order valence-electron chi connectivity index (χ0n) is 11.6. The standard InChI is InChI=1S/C15H13N3O3/c1-20-14-16-13(17-15(18-14)21-2)12-10-6-4-3-5-9(10)7-8-11(12)19/h3-8,19H,1-2H3. The summed E-state index contributed by atoms with van der Waals surface area (Å²) in [4.78, 5) is 12.4. The molecule has 106 valence electrons. The van der Waals surface area contributed by atoms with Gasteiger partial charge in [0.25, 0.3) is 0 Å². The van der Waals surface area contributed by atoms with Crippen LogP contribution in [0.2, 0.25) is 0 Å². The Bertz CT molecular complexity index is 783. The highest BCUT2D eigenvalue weighted by Gasteiger charge is 2.15. The van der Waals surface area contributed by atoms with Crippen molar-refractivity contribution < 1.29 is 14.6 Å². The molecule has 6 nitrogen and oxygen atoms in total. The number of phenolic OH excluding ortho intramolecular Hbond substituents is 1. The highest BCUT2D eigenvalue weighted by Crippen LogP contribution is 2.35. The molecule has 0 fully saturated rings. The van der Waals surface area contributed by atoms with Crippen molar-refractivity contribution in [2.24, 2.45) is 0 Å². The van der Waals surface area contributed by atoms with Gasteiger partial charge in [-0.05, 0) is 16.8 Å². The van der Waals surface area contributed by atoms with Crippen LogP contribution in [0.4, 0.5) is 0 Å². The Labute approximate surface area is 121 Å². The molecule has 0 aliphatic rings. The second kappa shape index (κ2) is 5.24. The van der Waals surface area contributed by atoms with Crippen molar-refractivity contribution >= 4 is 10.8 Å². The van der Waals surface area contributed by atoms with Gasteiger partial charge in [-0.15, -0.1) is 4.98 Å². The predicted octanol–water partition coefficient (Wildman–Crippen LogP) is 2.41. The smallest absolute Gasteiger partial charge is 0.322 e. The molecule has 2 aromatic carbocycles. The summed E-state index contributed by atoms with van der Waals surface area (Å²) in [5.41, 5.74) is 0.520. The van der Waals surface area contributed by atoms with E-state index in [4.69, 9.17) is 9.47 Å². The van der Waals surface area contributed by atoms with Crippen LogP contribution < -0.4 is 9.47 Å². The Morgan fingerprint density at radius 3 is 2.19 bits per heavy atom. The molecule has 0 amide bonds. The van der Waals surface area contributed by atoms with Crippen LogP contribution in [-0.4, -0.2) is 34.3 Å². The van der Waals surface area contributed by atoms with Gasteiger partial charge in [0.1, 0.15) is 5.75 Å². The highest BCUT2D eigenvalue weighted by molar-refractivity contribution is 5.98. The SMILES string of the molecule is COc1nc(OC)nc(-c2c(O)ccc3ccccc23)n1. The summed E-state index contributed by atoms with van der Waals surface area (Å²) in [6.45, 7) is 0. The van der Waals surface area contributed by atoms with Gasteiger partial charge < -0.3 is 14.6 Å². The van der Waals surface area contributed by atoms with Crippen molar-refractivity contribution in [3.63, 3.8) is 0 Å². The molecular formula is C15H13N3O3. The van der Waals surface area contributed by atoms with E-state index < -0.39 is 0 Å². The number of rotatable bonds is 3. The summed E-state index contributed by atoms with van der Waals surface area (Å²) in [6, 6.07) is 11.4. The minimum Gasteiger partial charge on any atom is -0.507 e. The zero-order valence-corrected chi connectivity index (χ0v) is 11.6. The van der Waals surface area contributed by atoms with Gasteiger partial charge in [-0.3, -0.25) is 0 Å². The van der Waals surface area contributed by atoms with E-state index in [9.17, 15) is 5.11 Å². The van der Waals surface area contributed by atoms with Crippen LogP contribution in [0, 0.1) is 0 Å². The number of aromatic nitrogens is 3. The molecule has 0 saturated heterocycles. The van der Waals surface area contributed by atoms with E-state index in [1.54, 1.807) is 6.07 Å². The monoisotopic (exact) mass is 283 g/mol. The Morgan fingerprint density at radius 1 is 0.857 bits per heavy atom. The number of aromatic hydroxyl groups is 1. The number of hydrogen-bond acceptors (Lipinski definition) is 6. The molecule has 1 aromatic heterocycles. The maximum absolute atomic E-state index is 10.2. The lowest BCUT2D eigenvalue weighted by Crippen LogP contribution is -2.01. The highest BCUT2D eigenvalue weighted by atomic mass is 16.5. The normalized spacial score (nSPS) is 10.6. The van der Waals surface area contributed by atoms with Crippen LogP contribution in [0.1, 0.15) is 0 Å². The first-order valence-corrected chi connectivity index (χ1v) is 6.28. The van der Waals surface area contributed by atoms with Gasteiger partial charge in [0.05, 0.1) is 19.8 Å². The molecule has 3 aromatic rings. The number of ether oxygens (including phenoxy) is 2. The van der Waals surface area contributed by atoms with E-state index in [2.05, 4.69) is 15.0 Å². The molecule has 1 N–H and O–H groups in total. The number of hydrogen-bond donors (Lipinski definition) is 1. The average Bonchev–Trinajstić information content (AvgIpc) is 2.54. The van der Waals surface area contributed by atoms with Crippen molar-refractivity contribution in [2.75, 3.05) is 14.2 Å². The van der Waals surface area contributed by atoms with E-state index in [1.165, 1.54) is 14.2 Å². The summed E-state index contributed by atoms with van der Waals surface area (Å²) in [5, 5.41) is 12.0. The molecule has 0 aliphatic carbocycles. The van der Waals surface area contributed by atoms with Crippen molar-refractivity contribution in [1.29, 1.82) is 0 Å². The minimum absolute atomic E-state index is 0.0870. The number of methoxy groups -OCH3 is 2. The van der Waals surface area contributed by atoms with Crippen molar-refractivity contribution in [3.05, 3.63) is 36.4 Å². The van der Waals surface area contributed by atoms with E-state index in [0.717, 1.165) is 10.8 Å². The van der Waals surface area contributed by atoms with Gasteiger partial charge in [0.2, 0.25) is 0 Å². The van der Waals surface area contributed by atoms with Crippen LogP contribution in [0.25, 0.3) is 22.2 Å². The Hall–Kier alpha value is -2.89. The second-order valence-corrected chi connectivity index (χ2v) is 4.31. The molecule has 0 spiro atoms. The van der Waals surface area contributed by atoms with Gasteiger partial charge in [-0.1, -0.05) is 30.3 Å². The lowest BCUT2D eigenvalue weighted by Gasteiger charge is -2.09. The summed E-state index contributed by atoms with van der Waals surface area (Å²) in [6.07, 6.45) is 0. The lowest BCUT2D eigenvalue weighted by molar-refractivity contribution is 0.341. The van der Waals surface area contributed by atoms with E-state index >= 15 is 0 Å². The third kappa shape index (κ3) is 2.31. The summed E-state index contributed by atoms with van der Waals surface area (Å²) in [7, 11) is 2.92. The second-order valence-electron chi connectivity index (χ2n) is 4.31. The first-order valence-electron chi connectivity index (χ1n) is 6.28. The van der Waals surface area contributed by atoms with E-state index in [0.29, 0.717) is 11.4 Å². The molecule has 0 aliphatic heterocycles. The molecule has 1 heterocycles. The number of phenols is 1. The van der Waals surface area contributed by atoms with Crippen molar-refractivity contribution in [1.82, 2.24) is 15.0 Å². The summed E-state index contributed by atoms with van der Waals surface area (Å²) < 4.78 is 10.1. The first kappa shape index (κ1) is 13.1. The fraction of sp³-hybridized carbons (Fsp3) is 0.133. The Kier molecular flexibility index (Phi) is 3.27.